The molecule has 2 amide bonds. The number of nitrogens with one attached hydrogen (secondary N) is 2. The number of hydrogen-bond donors (Lipinski definition) is 3. The maximum Gasteiger partial charge on any atom is 0.326 e. The van der Waals surface area contributed by atoms with E-state index in [-0.39, 0.29) is 12.5 Å². The quantitative estimate of drug-likeness (QED) is 0.708. The number of carbonyl (C=O) groups excluding carboxylic acids is 2. The third-order valence-corrected chi connectivity index (χ3v) is 4.08. The number of aliphatic carboxylic acids is 1. The van der Waals surface area contributed by atoms with Crippen LogP contribution in [0.1, 0.15) is 40.7 Å². The minimum atomic E-state index is -1.04. The zero-order valence-electron chi connectivity index (χ0n) is 13.4. The molecule has 1 unspecified atom stereocenters. The van der Waals surface area contributed by atoms with Gasteiger partial charge in [0.05, 0.1) is 6.54 Å². The van der Waals surface area contributed by atoms with Gasteiger partial charge in [-0.3, -0.25) is 9.59 Å². The molecule has 0 bridgehead atoms. The molecule has 6 heteroatoms. The molecule has 6 nitrogen and oxygen atoms in total. The maximum atomic E-state index is 12.0. The van der Waals surface area contributed by atoms with Crippen molar-refractivity contribution in [3.8, 4) is 0 Å². The van der Waals surface area contributed by atoms with E-state index < -0.39 is 17.9 Å². The van der Waals surface area contributed by atoms with Crippen molar-refractivity contribution in [2.75, 3.05) is 6.54 Å². The summed E-state index contributed by atoms with van der Waals surface area (Å²) in [5.74, 6) is -1.49. The zero-order valence-corrected chi connectivity index (χ0v) is 13.4. The second kappa shape index (κ2) is 7.26. The van der Waals surface area contributed by atoms with Crippen molar-refractivity contribution in [2.45, 2.75) is 39.2 Å². The molecule has 0 aromatic heterocycles. The highest BCUT2D eigenvalue weighted by Crippen LogP contribution is 2.33. The standard InChI is InChI=1S/C17H22N2O4/c1-10-3-6-13(7-11(10)2)16(21)18-9-15(20)19-14(17(22)23)8-12-4-5-12/h3,6-7,12,14H,4-5,8-9H2,1-2H3,(H,18,21)(H,19,20)(H,22,23). The molecular formula is C17H22N2O4. The van der Waals surface area contributed by atoms with Gasteiger partial charge in [0.1, 0.15) is 6.04 Å². The van der Waals surface area contributed by atoms with Crippen molar-refractivity contribution >= 4 is 17.8 Å². The first kappa shape index (κ1) is 17.0. The van der Waals surface area contributed by atoms with Crippen molar-refractivity contribution in [1.82, 2.24) is 10.6 Å². The number of carboxylic acid groups (broad SMARTS) is 1. The first-order valence-corrected chi connectivity index (χ1v) is 7.74. The summed E-state index contributed by atoms with van der Waals surface area (Å²) in [4.78, 5) is 35.0. The van der Waals surface area contributed by atoms with Gasteiger partial charge in [0.25, 0.3) is 5.91 Å². The molecule has 0 radical (unpaired) electrons. The smallest absolute Gasteiger partial charge is 0.326 e. The van der Waals surface area contributed by atoms with Crippen molar-refractivity contribution in [1.29, 1.82) is 0 Å². The van der Waals surface area contributed by atoms with E-state index in [1.165, 1.54) is 0 Å². The number of benzene rings is 1. The van der Waals surface area contributed by atoms with Crippen LogP contribution in [0.4, 0.5) is 0 Å². The van der Waals surface area contributed by atoms with Crippen LogP contribution >= 0.6 is 0 Å². The van der Waals surface area contributed by atoms with E-state index in [1.54, 1.807) is 12.1 Å². The Labute approximate surface area is 135 Å². The molecule has 1 aliphatic rings. The molecule has 1 aromatic carbocycles. The number of carbonyl (C=O) groups is 3. The molecule has 124 valence electrons. The molecule has 0 spiro atoms. The highest BCUT2D eigenvalue weighted by atomic mass is 16.4. The Morgan fingerprint density at radius 3 is 2.48 bits per heavy atom. The number of aryl methyl sites for hydroxylation is 2. The summed E-state index contributed by atoms with van der Waals surface area (Å²) < 4.78 is 0. The molecular weight excluding hydrogens is 296 g/mol. The SMILES string of the molecule is Cc1ccc(C(=O)NCC(=O)NC(CC2CC2)C(=O)O)cc1C. The van der Waals surface area contributed by atoms with Crippen molar-refractivity contribution in [3.63, 3.8) is 0 Å². The number of hydrogen-bond acceptors (Lipinski definition) is 3. The molecule has 1 saturated carbocycles. The van der Waals surface area contributed by atoms with Crippen LogP contribution in [0.2, 0.25) is 0 Å². The maximum absolute atomic E-state index is 12.0. The van der Waals surface area contributed by atoms with E-state index in [0.29, 0.717) is 17.9 Å². The summed E-state index contributed by atoms with van der Waals surface area (Å²) in [5.41, 5.74) is 2.56. The number of amides is 2. The second-order valence-electron chi connectivity index (χ2n) is 6.12. The summed E-state index contributed by atoms with van der Waals surface area (Å²) >= 11 is 0. The van der Waals surface area contributed by atoms with E-state index in [2.05, 4.69) is 10.6 Å². The summed E-state index contributed by atoms with van der Waals surface area (Å²) in [7, 11) is 0. The fourth-order valence-electron chi connectivity index (χ4n) is 2.30. The second-order valence-corrected chi connectivity index (χ2v) is 6.12. The summed E-state index contributed by atoms with van der Waals surface area (Å²) in [6.45, 7) is 3.63. The minimum Gasteiger partial charge on any atom is -0.480 e. The largest absolute Gasteiger partial charge is 0.480 e. The lowest BCUT2D eigenvalue weighted by Crippen LogP contribution is -2.45. The van der Waals surface area contributed by atoms with Gasteiger partial charge in [0, 0.05) is 5.56 Å². The third kappa shape index (κ3) is 5.09. The van der Waals surface area contributed by atoms with Gasteiger partial charge in [0.2, 0.25) is 5.91 Å². The van der Waals surface area contributed by atoms with Crippen LogP contribution < -0.4 is 10.6 Å². The van der Waals surface area contributed by atoms with Gasteiger partial charge in [0.15, 0.2) is 0 Å². The van der Waals surface area contributed by atoms with Gasteiger partial charge in [-0.05, 0) is 49.4 Å². The van der Waals surface area contributed by atoms with E-state index in [4.69, 9.17) is 5.11 Å². The van der Waals surface area contributed by atoms with Gasteiger partial charge < -0.3 is 15.7 Å². The fraction of sp³-hybridized carbons (Fsp3) is 0.471. The first-order valence-electron chi connectivity index (χ1n) is 7.74. The van der Waals surface area contributed by atoms with Crippen molar-refractivity contribution in [3.05, 3.63) is 34.9 Å². The van der Waals surface area contributed by atoms with Gasteiger partial charge in [-0.2, -0.15) is 0 Å². The van der Waals surface area contributed by atoms with Crippen LogP contribution in [-0.4, -0.2) is 35.5 Å². The van der Waals surface area contributed by atoms with E-state index >= 15 is 0 Å². The third-order valence-electron chi connectivity index (χ3n) is 4.08. The predicted molar refractivity (Wildman–Crippen MR) is 85.2 cm³/mol. The van der Waals surface area contributed by atoms with Crippen LogP contribution in [0.15, 0.2) is 18.2 Å². The Hall–Kier alpha value is -2.37. The normalized spacial score (nSPS) is 14.9. The zero-order chi connectivity index (χ0) is 17.0. The van der Waals surface area contributed by atoms with Crippen LogP contribution in [-0.2, 0) is 9.59 Å². The Bertz CT molecular complexity index is 623. The van der Waals surface area contributed by atoms with Gasteiger partial charge in [-0.15, -0.1) is 0 Å². The van der Waals surface area contributed by atoms with Crippen LogP contribution in [0.3, 0.4) is 0 Å². The molecule has 3 N–H and O–H groups in total. The average molecular weight is 318 g/mol. The van der Waals surface area contributed by atoms with Gasteiger partial charge >= 0.3 is 5.97 Å². The highest BCUT2D eigenvalue weighted by molar-refractivity contribution is 5.97. The monoisotopic (exact) mass is 318 g/mol. The first-order chi connectivity index (χ1) is 10.9. The molecule has 1 atom stereocenters. The molecule has 1 aromatic rings. The van der Waals surface area contributed by atoms with Gasteiger partial charge in [-0.1, -0.05) is 18.9 Å². The summed E-state index contributed by atoms with van der Waals surface area (Å²) in [5, 5.41) is 14.1. The lowest BCUT2D eigenvalue weighted by molar-refractivity contribution is -0.142. The number of rotatable bonds is 7. The Morgan fingerprint density at radius 1 is 1.22 bits per heavy atom. The average Bonchev–Trinajstić information content (AvgIpc) is 3.31. The van der Waals surface area contributed by atoms with E-state index in [1.807, 2.05) is 19.9 Å². The Kier molecular flexibility index (Phi) is 5.36. The van der Waals surface area contributed by atoms with Crippen molar-refractivity contribution < 1.29 is 19.5 Å². The highest BCUT2D eigenvalue weighted by Gasteiger charge is 2.30. The lowest BCUT2D eigenvalue weighted by Gasteiger charge is -2.14. The summed E-state index contributed by atoms with van der Waals surface area (Å²) in [6.07, 6.45) is 2.48. The molecule has 1 fully saturated rings. The summed E-state index contributed by atoms with van der Waals surface area (Å²) in [6, 6.07) is 4.42. The Morgan fingerprint density at radius 2 is 1.91 bits per heavy atom. The number of carboxylic acids is 1. The molecule has 1 aliphatic carbocycles. The minimum absolute atomic E-state index is 0.236. The fourth-order valence-corrected chi connectivity index (χ4v) is 2.30. The van der Waals surface area contributed by atoms with Crippen LogP contribution in [0.25, 0.3) is 0 Å². The van der Waals surface area contributed by atoms with Crippen molar-refractivity contribution in [2.24, 2.45) is 5.92 Å². The predicted octanol–water partition coefficient (Wildman–Crippen LogP) is 1.40. The molecule has 0 heterocycles. The van der Waals surface area contributed by atoms with E-state index in [9.17, 15) is 14.4 Å². The lowest BCUT2D eigenvalue weighted by atomic mass is 10.1. The molecule has 23 heavy (non-hydrogen) atoms. The molecule has 0 saturated heterocycles. The van der Waals surface area contributed by atoms with E-state index in [0.717, 1.165) is 24.0 Å². The van der Waals surface area contributed by atoms with Crippen LogP contribution in [0.5, 0.6) is 0 Å². The molecule has 2 rings (SSSR count). The van der Waals surface area contributed by atoms with Gasteiger partial charge in [-0.25, -0.2) is 4.79 Å². The van der Waals surface area contributed by atoms with Crippen LogP contribution in [0, 0.1) is 19.8 Å². The Balaban J connectivity index is 1.83. The topological polar surface area (TPSA) is 95.5 Å². The molecule has 0 aliphatic heterocycles.